The molecule has 0 spiro atoms. The van der Waals surface area contributed by atoms with E-state index in [9.17, 15) is 0 Å². The highest BCUT2D eigenvalue weighted by Crippen LogP contribution is 2.17. The molecule has 1 atom stereocenters. The molecule has 1 saturated heterocycles. The molecule has 0 aliphatic carbocycles. The number of rotatable bonds is 3. The fraction of sp³-hybridized carbons (Fsp3) is 0.583. The van der Waals surface area contributed by atoms with E-state index in [1.54, 1.807) is 0 Å². The van der Waals surface area contributed by atoms with Crippen molar-refractivity contribution >= 4 is 11.3 Å². The maximum atomic E-state index is 9.03. The number of hydrogen-bond donors (Lipinski definition) is 0. The van der Waals surface area contributed by atoms with Gasteiger partial charge in [0.1, 0.15) is 0 Å². The van der Waals surface area contributed by atoms with Gasteiger partial charge in [0.25, 0.3) is 0 Å². The van der Waals surface area contributed by atoms with Crippen molar-refractivity contribution in [3.05, 3.63) is 22.4 Å². The molecular weight excluding hydrogens is 204 g/mol. The van der Waals surface area contributed by atoms with E-state index in [0.29, 0.717) is 0 Å². The van der Waals surface area contributed by atoms with Crippen LogP contribution in [-0.4, -0.2) is 24.0 Å². The van der Waals surface area contributed by atoms with E-state index < -0.39 is 0 Å². The van der Waals surface area contributed by atoms with Crippen LogP contribution in [0, 0.1) is 11.3 Å². The number of nitrogens with zero attached hydrogens (tertiary/aromatic N) is 2. The summed E-state index contributed by atoms with van der Waals surface area (Å²) >= 11 is 1.81. The van der Waals surface area contributed by atoms with Crippen LogP contribution in [0.2, 0.25) is 0 Å². The van der Waals surface area contributed by atoms with E-state index in [2.05, 4.69) is 28.5 Å². The van der Waals surface area contributed by atoms with Crippen molar-refractivity contribution in [2.24, 2.45) is 0 Å². The number of thiophene rings is 1. The normalized spacial score (nSPS) is 22.5. The Kier molecular flexibility index (Phi) is 3.76. The van der Waals surface area contributed by atoms with Gasteiger partial charge in [-0.25, -0.2) is 0 Å². The molecule has 0 bridgehead atoms. The third kappa shape index (κ3) is 2.80. The van der Waals surface area contributed by atoms with Crippen molar-refractivity contribution < 1.29 is 0 Å². The minimum atomic E-state index is 0.165. The summed E-state index contributed by atoms with van der Waals surface area (Å²) < 4.78 is 0. The van der Waals surface area contributed by atoms with Gasteiger partial charge in [0.05, 0.1) is 12.1 Å². The third-order valence-electron chi connectivity index (χ3n) is 2.99. The van der Waals surface area contributed by atoms with Gasteiger partial charge in [-0.05, 0) is 43.7 Å². The first-order valence-electron chi connectivity index (χ1n) is 5.56. The van der Waals surface area contributed by atoms with Crippen LogP contribution in [0.15, 0.2) is 17.5 Å². The second kappa shape index (κ2) is 5.29. The predicted octanol–water partition coefficient (Wildman–Crippen LogP) is 2.67. The summed E-state index contributed by atoms with van der Waals surface area (Å²) in [6.07, 6.45) is 4.62. The van der Waals surface area contributed by atoms with Gasteiger partial charge in [0.2, 0.25) is 0 Å². The number of piperidine rings is 1. The molecule has 0 saturated carbocycles. The molecule has 1 aliphatic heterocycles. The lowest BCUT2D eigenvalue weighted by Gasteiger charge is -2.30. The minimum Gasteiger partial charge on any atom is -0.288 e. The summed E-state index contributed by atoms with van der Waals surface area (Å²) in [7, 11) is 0. The molecule has 2 nitrogen and oxygen atoms in total. The standard InChI is InChI=1S/C12H16N2S/c13-10-11-4-1-2-7-14(11)8-6-12-5-3-9-15-12/h3,5,9,11H,1-2,4,6-8H2. The smallest absolute Gasteiger partial charge is 0.0978 e. The SMILES string of the molecule is N#CC1CCCCN1CCc1cccs1. The molecule has 15 heavy (non-hydrogen) atoms. The molecule has 0 amide bonds. The van der Waals surface area contributed by atoms with E-state index in [1.807, 2.05) is 11.3 Å². The lowest BCUT2D eigenvalue weighted by molar-refractivity contribution is 0.187. The molecule has 3 heteroatoms. The molecule has 1 unspecified atom stereocenters. The van der Waals surface area contributed by atoms with E-state index >= 15 is 0 Å². The first kappa shape index (κ1) is 10.7. The summed E-state index contributed by atoms with van der Waals surface area (Å²) in [6.45, 7) is 2.14. The Labute approximate surface area is 95.1 Å². The fourth-order valence-corrected chi connectivity index (χ4v) is 2.81. The molecule has 0 N–H and O–H groups in total. The van der Waals surface area contributed by atoms with Crippen molar-refractivity contribution in [2.75, 3.05) is 13.1 Å². The average Bonchev–Trinajstić information content (AvgIpc) is 2.79. The summed E-state index contributed by atoms with van der Waals surface area (Å²) in [5, 5.41) is 11.1. The van der Waals surface area contributed by atoms with Crippen molar-refractivity contribution in [3.63, 3.8) is 0 Å². The van der Waals surface area contributed by atoms with Gasteiger partial charge in [-0.3, -0.25) is 4.90 Å². The van der Waals surface area contributed by atoms with Gasteiger partial charge < -0.3 is 0 Å². The van der Waals surface area contributed by atoms with E-state index in [-0.39, 0.29) is 6.04 Å². The second-order valence-corrected chi connectivity index (χ2v) is 5.04. The van der Waals surface area contributed by atoms with Crippen molar-refractivity contribution in [1.82, 2.24) is 4.90 Å². The van der Waals surface area contributed by atoms with Crippen LogP contribution in [0.1, 0.15) is 24.1 Å². The van der Waals surface area contributed by atoms with Crippen LogP contribution in [0.3, 0.4) is 0 Å². The Bertz CT molecular complexity index is 326. The highest BCUT2D eigenvalue weighted by atomic mass is 32.1. The van der Waals surface area contributed by atoms with Crippen molar-refractivity contribution in [2.45, 2.75) is 31.7 Å². The number of nitriles is 1. The number of likely N-dealkylation sites (tertiary alicyclic amines) is 1. The van der Waals surface area contributed by atoms with Gasteiger partial charge in [0, 0.05) is 11.4 Å². The van der Waals surface area contributed by atoms with Crippen LogP contribution in [0.5, 0.6) is 0 Å². The molecular formula is C12H16N2S. The second-order valence-electron chi connectivity index (χ2n) is 4.01. The molecule has 80 valence electrons. The topological polar surface area (TPSA) is 27.0 Å². The first-order chi connectivity index (χ1) is 7.40. The number of hydrogen-bond acceptors (Lipinski definition) is 3. The maximum absolute atomic E-state index is 9.03. The lowest BCUT2D eigenvalue weighted by atomic mass is 10.0. The van der Waals surface area contributed by atoms with Crippen molar-refractivity contribution in [3.8, 4) is 6.07 Å². The van der Waals surface area contributed by atoms with Gasteiger partial charge in [-0.1, -0.05) is 6.07 Å². The van der Waals surface area contributed by atoms with Crippen LogP contribution >= 0.6 is 11.3 Å². The molecule has 1 fully saturated rings. The van der Waals surface area contributed by atoms with Gasteiger partial charge in [0.15, 0.2) is 0 Å². The van der Waals surface area contributed by atoms with E-state index in [0.717, 1.165) is 25.9 Å². The van der Waals surface area contributed by atoms with Crippen LogP contribution in [0.4, 0.5) is 0 Å². The van der Waals surface area contributed by atoms with E-state index in [1.165, 1.54) is 17.7 Å². The quantitative estimate of drug-likeness (QED) is 0.783. The molecule has 2 rings (SSSR count). The summed E-state index contributed by atoms with van der Waals surface area (Å²) in [4.78, 5) is 3.76. The van der Waals surface area contributed by atoms with Crippen LogP contribution in [0.25, 0.3) is 0 Å². The van der Waals surface area contributed by atoms with Gasteiger partial charge >= 0.3 is 0 Å². The lowest BCUT2D eigenvalue weighted by Crippen LogP contribution is -2.39. The highest BCUT2D eigenvalue weighted by Gasteiger charge is 2.21. The van der Waals surface area contributed by atoms with Crippen LogP contribution < -0.4 is 0 Å². The zero-order valence-corrected chi connectivity index (χ0v) is 9.67. The van der Waals surface area contributed by atoms with E-state index in [4.69, 9.17) is 5.26 Å². The van der Waals surface area contributed by atoms with Gasteiger partial charge in [-0.2, -0.15) is 5.26 Å². The first-order valence-corrected chi connectivity index (χ1v) is 6.44. The Morgan fingerprint density at radius 1 is 1.53 bits per heavy atom. The largest absolute Gasteiger partial charge is 0.288 e. The fourth-order valence-electron chi connectivity index (χ4n) is 2.11. The Balaban J connectivity index is 1.85. The van der Waals surface area contributed by atoms with Gasteiger partial charge in [-0.15, -0.1) is 11.3 Å². The third-order valence-corrected chi connectivity index (χ3v) is 3.92. The average molecular weight is 220 g/mol. The summed E-state index contributed by atoms with van der Waals surface area (Å²) in [6, 6.07) is 6.85. The predicted molar refractivity (Wildman–Crippen MR) is 62.8 cm³/mol. The highest BCUT2D eigenvalue weighted by molar-refractivity contribution is 7.09. The van der Waals surface area contributed by atoms with Crippen molar-refractivity contribution in [1.29, 1.82) is 5.26 Å². The van der Waals surface area contributed by atoms with Crippen LogP contribution in [-0.2, 0) is 6.42 Å². The molecule has 1 aromatic heterocycles. The monoisotopic (exact) mass is 220 g/mol. The Hall–Kier alpha value is -0.850. The molecule has 0 aromatic carbocycles. The molecule has 2 heterocycles. The minimum absolute atomic E-state index is 0.165. The zero-order chi connectivity index (χ0) is 10.5. The Morgan fingerprint density at radius 3 is 3.20 bits per heavy atom. The maximum Gasteiger partial charge on any atom is 0.0978 e. The zero-order valence-electron chi connectivity index (χ0n) is 8.85. The summed E-state index contributed by atoms with van der Waals surface area (Å²) in [5.41, 5.74) is 0. The molecule has 1 aromatic rings. The molecule has 0 radical (unpaired) electrons. The summed E-state index contributed by atoms with van der Waals surface area (Å²) in [5.74, 6) is 0. The Morgan fingerprint density at radius 2 is 2.47 bits per heavy atom. The molecule has 1 aliphatic rings.